The van der Waals surface area contributed by atoms with E-state index in [9.17, 15) is 0 Å². The molecule has 1 aliphatic rings. The number of benzene rings is 2. The quantitative estimate of drug-likeness (QED) is 0.853. The number of hydrazone groups is 1. The summed E-state index contributed by atoms with van der Waals surface area (Å²) in [6.45, 7) is 5.29. The molecule has 0 aliphatic carbocycles. The van der Waals surface area contributed by atoms with Crippen LogP contribution in [-0.4, -0.2) is 22.5 Å². The van der Waals surface area contributed by atoms with E-state index in [2.05, 4.69) is 46.5 Å². The second kappa shape index (κ2) is 6.24. The molecule has 0 bridgehead atoms. The highest BCUT2D eigenvalue weighted by Gasteiger charge is 2.25. The largest absolute Gasteiger partial charge is 0.264 e. The van der Waals surface area contributed by atoms with E-state index in [0.717, 1.165) is 17.9 Å². The third-order valence-electron chi connectivity index (χ3n) is 3.32. The molecule has 106 valence electrons. The minimum Gasteiger partial charge on any atom is -0.264 e. The van der Waals surface area contributed by atoms with Crippen LogP contribution in [0.2, 0.25) is 0 Å². The Balaban J connectivity index is 1.80. The predicted molar refractivity (Wildman–Crippen MR) is 85.0 cm³/mol. The smallest absolute Gasteiger partial charge is 0.173 e. The molecule has 0 spiro atoms. The molecule has 0 unspecified atom stereocenters. The topological polar surface area (TPSA) is 30.9 Å². The number of hydrazine groups is 2. The Labute approximate surface area is 124 Å². The molecule has 1 aliphatic heterocycles. The van der Waals surface area contributed by atoms with Gasteiger partial charge < -0.3 is 0 Å². The third kappa shape index (κ3) is 2.95. The zero-order valence-electron chi connectivity index (χ0n) is 11.8. The number of hydrogen-bond donors (Lipinski definition) is 1. The summed E-state index contributed by atoms with van der Waals surface area (Å²) in [6, 6.07) is 20.5. The van der Waals surface area contributed by atoms with Crippen LogP contribution in [0.5, 0.6) is 0 Å². The Morgan fingerprint density at radius 2 is 1.67 bits per heavy atom. The average molecular weight is 278 g/mol. The van der Waals surface area contributed by atoms with Crippen molar-refractivity contribution in [2.45, 2.75) is 6.54 Å². The van der Waals surface area contributed by atoms with Crippen LogP contribution in [0.25, 0.3) is 0 Å². The van der Waals surface area contributed by atoms with Crippen LogP contribution in [0.4, 0.5) is 0 Å². The van der Waals surface area contributed by atoms with Crippen molar-refractivity contribution >= 4 is 5.84 Å². The van der Waals surface area contributed by atoms with Crippen LogP contribution < -0.4 is 5.53 Å². The van der Waals surface area contributed by atoms with Gasteiger partial charge in [-0.25, -0.2) is 5.53 Å². The molecule has 0 fully saturated rings. The summed E-state index contributed by atoms with van der Waals surface area (Å²) in [5.74, 6) is 0.909. The van der Waals surface area contributed by atoms with Gasteiger partial charge in [-0.15, -0.1) is 16.8 Å². The molecule has 4 nitrogen and oxygen atoms in total. The molecule has 21 heavy (non-hydrogen) atoms. The van der Waals surface area contributed by atoms with Gasteiger partial charge in [-0.1, -0.05) is 66.7 Å². The maximum atomic E-state index is 4.45. The van der Waals surface area contributed by atoms with Gasteiger partial charge in [0.25, 0.3) is 0 Å². The van der Waals surface area contributed by atoms with Crippen molar-refractivity contribution in [1.29, 1.82) is 0 Å². The minimum absolute atomic E-state index is 0.702. The first-order chi connectivity index (χ1) is 10.4. The lowest BCUT2D eigenvalue weighted by atomic mass is 10.2. The second-order valence-electron chi connectivity index (χ2n) is 4.82. The van der Waals surface area contributed by atoms with E-state index in [1.54, 1.807) is 0 Å². The van der Waals surface area contributed by atoms with Crippen LogP contribution in [0, 0.1) is 0 Å². The summed E-state index contributed by atoms with van der Waals surface area (Å²) < 4.78 is 0. The molecule has 0 saturated carbocycles. The van der Waals surface area contributed by atoms with Gasteiger partial charge in [-0.3, -0.25) is 5.01 Å². The van der Waals surface area contributed by atoms with Gasteiger partial charge in [0.15, 0.2) is 5.84 Å². The van der Waals surface area contributed by atoms with Gasteiger partial charge >= 0.3 is 0 Å². The van der Waals surface area contributed by atoms with E-state index >= 15 is 0 Å². The van der Waals surface area contributed by atoms with E-state index in [4.69, 9.17) is 0 Å². The lowest BCUT2D eigenvalue weighted by Gasteiger charge is -2.28. The summed E-state index contributed by atoms with van der Waals surface area (Å²) in [6.07, 6.45) is 1.88. The van der Waals surface area contributed by atoms with Crippen molar-refractivity contribution in [3.8, 4) is 0 Å². The van der Waals surface area contributed by atoms with Crippen molar-refractivity contribution < 1.29 is 0 Å². The highest BCUT2D eigenvalue weighted by atomic mass is 15.9. The summed E-state index contributed by atoms with van der Waals surface area (Å²) in [7, 11) is 0. The average Bonchev–Trinajstić information content (AvgIpc) is 2.92. The summed E-state index contributed by atoms with van der Waals surface area (Å²) >= 11 is 0. The number of hydrogen-bond acceptors (Lipinski definition) is 4. The van der Waals surface area contributed by atoms with Crippen molar-refractivity contribution in [2.75, 3.05) is 6.54 Å². The maximum absolute atomic E-state index is 4.45. The maximum Gasteiger partial charge on any atom is 0.173 e. The molecule has 2 aromatic carbocycles. The van der Waals surface area contributed by atoms with Crippen LogP contribution >= 0.6 is 0 Å². The number of rotatable bonds is 5. The van der Waals surface area contributed by atoms with Gasteiger partial charge in [0.05, 0.1) is 13.1 Å². The Morgan fingerprint density at radius 1 is 1.00 bits per heavy atom. The van der Waals surface area contributed by atoms with Crippen molar-refractivity contribution in [2.24, 2.45) is 5.10 Å². The summed E-state index contributed by atoms with van der Waals surface area (Å²) in [4.78, 5) is 0. The zero-order valence-corrected chi connectivity index (χ0v) is 11.8. The van der Waals surface area contributed by atoms with Crippen LogP contribution in [0.1, 0.15) is 11.1 Å². The Kier molecular flexibility index (Phi) is 3.98. The Morgan fingerprint density at radius 3 is 2.33 bits per heavy atom. The molecule has 2 aromatic rings. The fraction of sp³-hybridized carbons (Fsp3) is 0.118. The standard InChI is InChI=1S/C17H18N4/c1-2-13-20-17(16-11-7-4-8-12-16)18-19-21(20)14-15-9-5-3-6-10-15/h2-12,19H,1,13-14H2. The molecular weight excluding hydrogens is 260 g/mol. The molecule has 0 saturated heterocycles. The molecular formula is C17H18N4. The van der Waals surface area contributed by atoms with Crippen LogP contribution in [0.15, 0.2) is 78.4 Å². The second-order valence-corrected chi connectivity index (χ2v) is 4.82. The van der Waals surface area contributed by atoms with Crippen LogP contribution in [-0.2, 0) is 6.54 Å². The molecule has 4 heteroatoms. The lowest BCUT2D eigenvalue weighted by molar-refractivity contribution is 0.0156. The highest BCUT2D eigenvalue weighted by molar-refractivity contribution is 5.98. The molecule has 3 rings (SSSR count). The predicted octanol–water partition coefficient (Wildman–Crippen LogP) is 2.77. The van der Waals surface area contributed by atoms with Gasteiger partial charge in [0, 0.05) is 5.56 Å². The normalized spacial score (nSPS) is 14.7. The molecule has 0 amide bonds. The van der Waals surface area contributed by atoms with E-state index in [0.29, 0.717) is 6.54 Å². The molecule has 1 N–H and O–H groups in total. The number of nitrogens with one attached hydrogen (secondary N) is 1. The Hall–Kier alpha value is -2.59. The SMILES string of the molecule is C=CCN1C(c2ccccc2)=NNN1Cc1ccccc1. The molecule has 0 aromatic heterocycles. The highest BCUT2D eigenvalue weighted by Crippen LogP contribution is 2.15. The third-order valence-corrected chi connectivity index (χ3v) is 3.32. The fourth-order valence-corrected chi connectivity index (χ4v) is 2.32. The van der Waals surface area contributed by atoms with Gasteiger partial charge in [0.2, 0.25) is 0 Å². The monoisotopic (exact) mass is 278 g/mol. The van der Waals surface area contributed by atoms with E-state index in [1.807, 2.05) is 47.6 Å². The van der Waals surface area contributed by atoms with E-state index in [-0.39, 0.29) is 0 Å². The molecule has 0 atom stereocenters. The van der Waals surface area contributed by atoms with Crippen molar-refractivity contribution in [3.63, 3.8) is 0 Å². The first kappa shape index (κ1) is 13.4. The number of nitrogens with zero attached hydrogens (tertiary/aromatic N) is 3. The van der Waals surface area contributed by atoms with E-state index in [1.165, 1.54) is 5.56 Å². The van der Waals surface area contributed by atoms with Gasteiger partial charge in [-0.05, 0) is 5.56 Å². The first-order valence-electron chi connectivity index (χ1n) is 6.97. The van der Waals surface area contributed by atoms with Crippen molar-refractivity contribution in [3.05, 3.63) is 84.4 Å². The van der Waals surface area contributed by atoms with Crippen molar-refractivity contribution in [1.82, 2.24) is 15.7 Å². The molecule has 1 heterocycles. The van der Waals surface area contributed by atoms with E-state index < -0.39 is 0 Å². The van der Waals surface area contributed by atoms with Gasteiger partial charge in [-0.2, -0.15) is 0 Å². The minimum atomic E-state index is 0.702. The molecule has 0 radical (unpaired) electrons. The Bertz CT molecular complexity index is 622. The van der Waals surface area contributed by atoms with Gasteiger partial charge in [0.1, 0.15) is 0 Å². The lowest BCUT2D eigenvalue weighted by Crippen LogP contribution is -2.45. The fourth-order valence-electron chi connectivity index (χ4n) is 2.32. The summed E-state index contributed by atoms with van der Waals surface area (Å²) in [5, 5.41) is 8.55. The number of amidine groups is 1. The first-order valence-corrected chi connectivity index (χ1v) is 6.97. The zero-order chi connectivity index (χ0) is 14.5. The summed E-state index contributed by atoms with van der Waals surface area (Å²) in [5.41, 5.74) is 5.40. The van der Waals surface area contributed by atoms with Crippen LogP contribution in [0.3, 0.4) is 0 Å².